The third-order valence-corrected chi connectivity index (χ3v) is 8.19. The van der Waals surface area contributed by atoms with Crippen LogP contribution in [0.4, 0.5) is 0 Å². The normalized spacial score (nSPS) is 17.0. The average Bonchev–Trinajstić information content (AvgIpc) is 3.47. The predicted molar refractivity (Wildman–Crippen MR) is 160 cm³/mol. The number of carboxylic acid groups (broad SMARTS) is 1. The van der Waals surface area contributed by atoms with Crippen molar-refractivity contribution >= 4 is 5.97 Å². The summed E-state index contributed by atoms with van der Waals surface area (Å²) >= 11 is 0. The van der Waals surface area contributed by atoms with Crippen LogP contribution < -0.4 is 9.47 Å². The van der Waals surface area contributed by atoms with E-state index in [9.17, 15) is 9.90 Å². The second-order valence-corrected chi connectivity index (χ2v) is 10.9. The Morgan fingerprint density at radius 2 is 1.98 bits per heavy atom. The number of benzene rings is 2. The van der Waals surface area contributed by atoms with E-state index in [0.717, 1.165) is 48.5 Å². The zero-order valence-corrected chi connectivity index (χ0v) is 24.7. The van der Waals surface area contributed by atoms with E-state index in [4.69, 9.17) is 23.9 Å². The zero-order chi connectivity index (χ0) is 29.9. The first kappa shape index (κ1) is 28.9. The van der Waals surface area contributed by atoms with Crippen LogP contribution >= 0.6 is 0 Å². The molecule has 4 heterocycles. The van der Waals surface area contributed by atoms with Crippen LogP contribution in [0.2, 0.25) is 0 Å². The van der Waals surface area contributed by atoms with Gasteiger partial charge in [-0.15, -0.1) is 0 Å². The number of aryl methyl sites for hydroxylation is 1. The number of pyridine rings is 1. The van der Waals surface area contributed by atoms with Crippen molar-refractivity contribution in [1.29, 1.82) is 0 Å². The van der Waals surface area contributed by atoms with Gasteiger partial charge in [0.05, 0.1) is 44.9 Å². The van der Waals surface area contributed by atoms with Gasteiger partial charge in [-0.2, -0.15) is 9.78 Å². The maximum Gasteiger partial charge on any atom is 0.342 e. The predicted octanol–water partition coefficient (Wildman–Crippen LogP) is 4.61. The second kappa shape index (κ2) is 12.5. The first-order valence-electron chi connectivity index (χ1n) is 14.5. The Morgan fingerprint density at radius 1 is 1.12 bits per heavy atom. The Hall–Kier alpha value is -4.25. The van der Waals surface area contributed by atoms with E-state index in [2.05, 4.69) is 29.1 Å². The van der Waals surface area contributed by atoms with E-state index < -0.39 is 5.97 Å². The molecular formula is C33H36N4O6. The molecule has 10 nitrogen and oxygen atoms in total. The highest BCUT2D eigenvalue weighted by atomic mass is 16.6. The Balaban J connectivity index is 1.21. The fraction of sp³-hybridized carbons (Fsp3) is 0.364. The SMILES string of the molecule is COc1c(C(=O)O)cnn1-c1cccc(-c2cccc(C)c2OCc2ccc3c(c2C)CCN(C[C@H]2COCCO2)C3)n1. The molecule has 0 saturated carbocycles. The van der Waals surface area contributed by atoms with Crippen LogP contribution in [0.25, 0.3) is 17.1 Å². The molecule has 0 spiro atoms. The molecule has 1 fully saturated rings. The number of methoxy groups -OCH3 is 1. The number of para-hydroxylation sites is 1. The molecular weight excluding hydrogens is 548 g/mol. The van der Waals surface area contributed by atoms with Gasteiger partial charge in [0.15, 0.2) is 5.82 Å². The summed E-state index contributed by atoms with van der Waals surface area (Å²) in [5, 5.41) is 13.7. The smallest absolute Gasteiger partial charge is 0.342 e. The first-order chi connectivity index (χ1) is 20.9. The lowest BCUT2D eigenvalue weighted by atomic mass is 9.91. The van der Waals surface area contributed by atoms with E-state index in [-0.39, 0.29) is 17.5 Å². The van der Waals surface area contributed by atoms with E-state index >= 15 is 0 Å². The molecule has 0 aliphatic carbocycles. The fourth-order valence-electron chi connectivity index (χ4n) is 5.92. The molecule has 0 unspecified atom stereocenters. The number of aromatic nitrogens is 3. The van der Waals surface area contributed by atoms with Crippen molar-refractivity contribution < 1.29 is 28.8 Å². The molecule has 1 saturated heterocycles. The van der Waals surface area contributed by atoms with Gasteiger partial charge in [-0.05, 0) is 66.3 Å². The molecule has 1 N–H and O–H groups in total. The average molecular weight is 585 g/mol. The molecule has 0 amide bonds. The molecule has 224 valence electrons. The second-order valence-electron chi connectivity index (χ2n) is 10.9. The van der Waals surface area contributed by atoms with Crippen molar-refractivity contribution in [2.75, 3.05) is 40.0 Å². The summed E-state index contributed by atoms with van der Waals surface area (Å²) in [6.45, 7) is 9.48. The number of rotatable bonds is 9. The Kier molecular flexibility index (Phi) is 8.42. The number of carboxylic acids is 1. The molecule has 10 heteroatoms. The van der Waals surface area contributed by atoms with Gasteiger partial charge in [0.2, 0.25) is 5.88 Å². The molecule has 2 aromatic carbocycles. The van der Waals surface area contributed by atoms with Crippen LogP contribution in [0.3, 0.4) is 0 Å². The van der Waals surface area contributed by atoms with Gasteiger partial charge in [-0.3, -0.25) is 4.90 Å². The summed E-state index contributed by atoms with van der Waals surface area (Å²) < 4.78 is 24.7. The van der Waals surface area contributed by atoms with Crippen LogP contribution in [0.15, 0.2) is 54.7 Å². The number of aromatic carboxylic acids is 1. The van der Waals surface area contributed by atoms with Gasteiger partial charge in [-0.25, -0.2) is 9.78 Å². The maximum absolute atomic E-state index is 11.6. The molecule has 0 radical (unpaired) electrons. The van der Waals surface area contributed by atoms with Gasteiger partial charge in [0.25, 0.3) is 0 Å². The van der Waals surface area contributed by atoms with Crippen molar-refractivity contribution in [2.45, 2.75) is 39.5 Å². The van der Waals surface area contributed by atoms with E-state index in [1.165, 1.54) is 34.7 Å². The summed E-state index contributed by atoms with van der Waals surface area (Å²) in [5.41, 5.74) is 7.70. The molecule has 2 aliphatic heterocycles. The van der Waals surface area contributed by atoms with Crippen molar-refractivity contribution in [3.8, 4) is 28.7 Å². The summed E-state index contributed by atoms with van der Waals surface area (Å²) in [7, 11) is 1.41. The summed E-state index contributed by atoms with van der Waals surface area (Å²) in [5.74, 6) is 0.188. The first-order valence-corrected chi connectivity index (χ1v) is 14.5. The van der Waals surface area contributed by atoms with Gasteiger partial charge >= 0.3 is 5.97 Å². The lowest BCUT2D eigenvalue weighted by Crippen LogP contribution is -2.42. The van der Waals surface area contributed by atoms with Gasteiger partial charge in [0, 0.05) is 25.2 Å². The highest BCUT2D eigenvalue weighted by Crippen LogP contribution is 2.34. The minimum absolute atomic E-state index is 0.0322. The molecule has 43 heavy (non-hydrogen) atoms. The Bertz CT molecular complexity index is 1630. The number of hydrogen-bond acceptors (Lipinski definition) is 8. The maximum atomic E-state index is 11.6. The molecule has 0 bridgehead atoms. The number of ether oxygens (including phenoxy) is 4. The zero-order valence-electron chi connectivity index (χ0n) is 24.7. The summed E-state index contributed by atoms with van der Waals surface area (Å²) in [4.78, 5) is 18.9. The third kappa shape index (κ3) is 5.99. The highest BCUT2D eigenvalue weighted by Gasteiger charge is 2.24. The van der Waals surface area contributed by atoms with Crippen LogP contribution in [-0.4, -0.2) is 76.9 Å². The minimum Gasteiger partial charge on any atom is -0.488 e. The van der Waals surface area contributed by atoms with Crippen molar-refractivity contribution in [1.82, 2.24) is 19.7 Å². The minimum atomic E-state index is -1.12. The molecule has 1 atom stereocenters. The van der Waals surface area contributed by atoms with Gasteiger partial charge in [0.1, 0.15) is 17.9 Å². The number of fused-ring (bicyclic) bond motifs is 1. The fourth-order valence-corrected chi connectivity index (χ4v) is 5.92. The van der Waals surface area contributed by atoms with E-state index in [1.54, 1.807) is 6.07 Å². The van der Waals surface area contributed by atoms with Crippen molar-refractivity contribution in [3.05, 3.63) is 88.1 Å². The molecule has 4 aromatic rings. The molecule has 6 rings (SSSR count). The lowest BCUT2D eigenvalue weighted by Gasteiger charge is -2.34. The Labute approximate surface area is 250 Å². The highest BCUT2D eigenvalue weighted by molar-refractivity contribution is 5.90. The van der Waals surface area contributed by atoms with Gasteiger partial charge < -0.3 is 24.1 Å². The quantitative estimate of drug-likeness (QED) is 0.302. The van der Waals surface area contributed by atoms with Crippen LogP contribution in [0, 0.1) is 13.8 Å². The van der Waals surface area contributed by atoms with Crippen LogP contribution in [0.5, 0.6) is 11.6 Å². The van der Waals surface area contributed by atoms with Crippen molar-refractivity contribution in [3.63, 3.8) is 0 Å². The summed E-state index contributed by atoms with van der Waals surface area (Å²) in [6.07, 6.45) is 2.40. The van der Waals surface area contributed by atoms with E-state index in [1.807, 2.05) is 37.3 Å². The number of nitrogens with zero attached hydrogens (tertiary/aromatic N) is 4. The largest absolute Gasteiger partial charge is 0.488 e. The van der Waals surface area contributed by atoms with Crippen molar-refractivity contribution in [2.24, 2.45) is 0 Å². The van der Waals surface area contributed by atoms with Crippen LogP contribution in [-0.2, 0) is 29.0 Å². The van der Waals surface area contributed by atoms with E-state index in [0.29, 0.717) is 37.9 Å². The lowest BCUT2D eigenvalue weighted by molar-refractivity contribution is -0.0985. The standard InChI is InChI=1S/C33H36N4O6/c1-21-6-4-7-27(29-8-5-9-30(35-29)37-32(40-3)28(16-34-37)33(38)39)31(21)43-19-24-11-10-23-17-36(13-12-26(23)22(24)2)18-25-20-41-14-15-42-25/h4-11,16,25H,12-15,17-20H2,1-3H3,(H,38,39)/t25-/m0/s1. The topological polar surface area (TPSA) is 108 Å². The number of hydrogen-bond donors (Lipinski definition) is 1. The molecule has 2 aliphatic rings. The number of carbonyl (C=O) groups is 1. The molecule has 2 aromatic heterocycles. The van der Waals surface area contributed by atoms with Gasteiger partial charge in [-0.1, -0.05) is 30.3 Å². The summed E-state index contributed by atoms with van der Waals surface area (Å²) in [6, 6.07) is 15.9. The Morgan fingerprint density at radius 3 is 2.77 bits per heavy atom. The van der Waals surface area contributed by atoms with Crippen LogP contribution in [0.1, 0.15) is 38.2 Å². The monoisotopic (exact) mass is 584 g/mol. The third-order valence-electron chi connectivity index (χ3n) is 8.19.